The molecule has 24 heavy (non-hydrogen) atoms. The van der Waals surface area contributed by atoms with Crippen LogP contribution in [0.15, 0.2) is 35.1 Å². The third kappa shape index (κ3) is 4.22. The van der Waals surface area contributed by atoms with Gasteiger partial charge in [0.1, 0.15) is 11.6 Å². The van der Waals surface area contributed by atoms with Gasteiger partial charge in [0, 0.05) is 30.5 Å². The van der Waals surface area contributed by atoms with Gasteiger partial charge in [-0.25, -0.2) is 0 Å². The molecule has 0 spiro atoms. The second kappa shape index (κ2) is 6.86. The molecular formula is C16H17N3O4S. The number of pyridine rings is 1. The van der Waals surface area contributed by atoms with E-state index in [0.29, 0.717) is 16.8 Å². The van der Waals surface area contributed by atoms with E-state index in [1.165, 1.54) is 0 Å². The van der Waals surface area contributed by atoms with E-state index < -0.39 is 15.7 Å². The van der Waals surface area contributed by atoms with E-state index in [9.17, 15) is 18.5 Å². The number of nitrogens with one attached hydrogen (secondary N) is 1. The molecule has 0 unspecified atom stereocenters. The number of H-pyrrole nitrogens is 1. The van der Waals surface area contributed by atoms with Crippen LogP contribution in [0.25, 0.3) is 11.1 Å². The summed E-state index contributed by atoms with van der Waals surface area (Å²) >= 11 is 0. The van der Waals surface area contributed by atoms with Gasteiger partial charge in [-0.1, -0.05) is 12.1 Å². The summed E-state index contributed by atoms with van der Waals surface area (Å²) in [4.78, 5) is 16.1. The Morgan fingerprint density at radius 3 is 2.46 bits per heavy atom. The zero-order valence-electron chi connectivity index (χ0n) is 13.3. The molecule has 0 aliphatic rings. The van der Waals surface area contributed by atoms with Crippen LogP contribution in [0.1, 0.15) is 11.3 Å². The lowest BCUT2D eigenvalue weighted by molar-refractivity contribution is 0.483. The number of aromatic nitrogens is 1. The predicted molar refractivity (Wildman–Crippen MR) is 91.6 cm³/mol. The Bertz CT molecular complexity index is 941. The average Bonchev–Trinajstić information content (AvgIpc) is 2.51. The van der Waals surface area contributed by atoms with Crippen molar-refractivity contribution in [1.82, 2.24) is 4.98 Å². The molecule has 0 atom stereocenters. The fraction of sp³-hybridized carbons (Fsp3) is 0.250. The van der Waals surface area contributed by atoms with Crippen molar-refractivity contribution in [2.24, 2.45) is 0 Å². The Balaban J connectivity index is 2.31. The highest BCUT2D eigenvalue weighted by molar-refractivity contribution is 7.85. The van der Waals surface area contributed by atoms with Crippen molar-refractivity contribution in [3.63, 3.8) is 0 Å². The molecule has 2 N–H and O–H groups in total. The predicted octanol–water partition coefficient (Wildman–Crippen LogP) is 1.55. The van der Waals surface area contributed by atoms with E-state index in [2.05, 4.69) is 4.98 Å². The van der Waals surface area contributed by atoms with Crippen LogP contribution in [0.2, 0.25) is 0 Å². The van der Waals surface area contributed by atoms with Crippen molar-refractivity contribution in [1.29, 1.82) is 5.26 Å². The largest absolute Gasteiger partial charge is 0.373 e. The lowest BCUT2D eigenvalue weighted by Gasteiger charge is -2.18. The monoisotopic (exact) mass is 347 g/mol. The Morgan fingerprint density at radius 1 is 1.29 bits per heavy atom. The van der Waals surface area contributed by atoms with Gasteiger partial charge in [-0.3, -0.25) is 9.35 Å². The molecule has 8 heteroatoms. The number of benzene rings is 1. The lowest BCUT2D eigenvalue weighted by atomic mass is 10.0. The molecule has 7 nitrogen and oxygen atoms in total. The molecule has 0 saturated carbocycles. The molecule has 2 aromatic rings. The zero-order chi connectivity index (χ0) is 17.9. The van der Waals surface area contributed by atoms with Gasteiger partial charge in [-0.2, -0.15) is 13.7 Å². The number of hydrogen-bond donors (Lipinski definition) is 2. The summed E-state index contributed by atoms with van der Waals surface area (Å²) in [5, 5.41) is 9.18. The second-order valence-electron chi connectivity index (χ2n) is 5.44. The van der Waals surface area contributed by atoms with Crippen LogP contribution in [0.5, 0.6) is 0 Å². The Hall–Kier alpha value is -2.63. The smallest absolute Gasteiger partial charge is 0.266 e. The highest BCUT2D eigenvalue weighted by Crippen LogP contribution is 2.24. The van der Waals surface area contributed by atoms with Gasteiger partial charge in [-0.15, -0.1) is 0 Å². The lowest BCUT2D eigenvalue weighted by Crippen LogP contribution is -2.24. The minimum Gasteiger partial charge on any atom is -0.373 e. The van der Waals surface area contributed by atoms with E-state index in [1.54, 1.807) is 49.2 Å². The van der Waals surface area contributed by atoms with Gasteiger partial charge in [0.05, 0.1) is 5.75 Å². The van der Waals surface area contributed by atoms with Gasteiger partial charge in [-0.05, 0) is 30.7 Å². The van der Waals surface area contributed by atoms with Crippen molar-refractivity contribution in [3.05, 3.63) is 51.9 Å². The molecule has 0 amide bonds. The summed E-state index contributed by atoms with van der Waals surface area (Å²) in [6.07, 6.45) is 0. The van der Waals surface area contributed by atoms with Crippen LogP contribution >= 0.6 is 0 Å². The van der Waals surface area contributed by atoms with Gasteiger partial charge in [0.15, 0.2) is 0 Å². The number of aryl methyl sites for hydroxylation is 1. The quantitative estimate of drug-likeness (QED) is 0.793. The van der Waals surface area contributed by atoms with Gasteiger partial charge in [0.2, 0.25) is 0 Å². The van der Waals surface area contributed by atoms with E-state index in [1.807, 2.05) is 6.07 Å². The number of nitriles is 1. The molecule has 0 radical (unpaired) electrons. The maximum Gasteiger partial charge on any atom is 0.266 e. The first-order valence-electron chi connectivity index (χ1n) is 7.12. The summed E-state index contributed by atoms with van der Waals surface area (Å²) in [6, 6.07) is 10.7. The molecule has 1 aromatic heterocycles. The van der Waals surface area contributed by atoms with Crippen LogP contribution in [0, 0.1) is 18.3 Å². The molecule has 0 aliphatic carbocycles. The molecule has 0 bridgehead atoms. The van der Waals surface area contributed by atoms with Gasteiger partial charge >= 0.3 is 0 Å². The standard InChI is InChI=1S/C16H17N3O4S/c1-11-9-14(15(10-17)16(20)18-11)12-3-5-13(6-4-12)19(2)7-8-24(21,22)23/h3-6,9H,7-8H2,1-2H3,(H,18,20)(H,21,22,23). The van der Waals surface area contributed by atoms with Crippen molar-refractivity contribution < 1.29 is 13.0 Å². The van der Waals surface area contributed by atoms with Crippen LogP contribution in [-0.2, 0) is 10.1 Å². The Morgan fingerprint density at radius 2 is 1.92 bits per heavy atom. The molecule has 1 heterocycles. The van der Waals surface area contributed by atoms with E-state index >= 15 is 0 Å². The molecule has 0 fully saturated rings. The summed E-state index contributed by atoms with van der Waals surface area (Å²) in [6.45, 7) is 1.88. The molecular weight excluding hydrogens is 330 g/mol. The maximum absolute atomic E-state index is 11.9. The first-order chi connectivity index (χ1) is 11.2. The fourth-order valence-corrected chi connectivity index (χ4v) is 2.81. The number of rotatable bonds is 5. The molecule has 0 aliphatic heterocycles. The van der Waals surface area contributed by atoms with Gasteiger partial charge in [0.25, 0.3) is 15.7 Å². The Kier molecular flexibility index (Phi) is 5.07. The van der Waals surface area contributed by atoms with Crippen LogP contribution in [0.4, 0.5) is 5.69 Å². The maximum atomic E-state index is 11.9. The average molecular weight is 347 g/mol. The summed E-state index contributed by atoms with van der Waals surface area (Å²) in [5.74, 6) is -0.364. The molecule has 0 saturated heterocycles. The van der Waals surface area contributed by atoms with Crippen molar-refractivity contribution >= 4 is 15.8 Å². The van der Waals surface area contributed by atoms with Crippen molar-refractivity contribution in [2.45, 2.75) is 6.92 Å². The third-order valence-corrected chi connectivity index (χ3v) is 4.28. The minimum absolute atomic E-state index is 0.0491. The summed E-state index contributed by atoms with van der Waals surface area (Å²) in [5.41, 5.74) is 2.29. The normalized spacial score (nSPS) is 11.1. The SMILES string of the molecule is Cc1cc(-c2ccc(N(C)CCS(=O)(=O)O)cc2)c(C#N)c(=O)[nH]1. The first kappa shape index (κ1) is 17.7. The number of aromatic amines is 1. The van der Waals surface area contributed by atoms with Crippen molar-refractivity contribution in [3.8, 4) is 17.2 Å². The fourth-order valence-electron chi connectivity index (χ4n) is 2.30. The summed E-state index contributed by atoms with van der Waals surface area (Å²) < 4.78 is 30.4. The summed E-state index contributed by atoms with van der Waals surface area (Å²) in [7, 11) is -2.31. The highest BCUT2D eigenvalue weighted by Gasteiger charge is 2.12. The number of nitrogens with zero attached hydrogens (tertiary/aromatic N) is 2. The van der Waals surface area contributed by atoms with Crippen LogP contribution < -0.4 is 10.5 Å². The van der Waals surface area contributed by atoms with E-state index in [4.69, 9.17) is 4.55 Å². The molecule has 1 aromatic carbocycles. The number of anilines is 1. The topological polar surface area (TPSA) is 114 Å². The third-order valence-electron chi connectivity index (χ3n) is 3.58. The van der Waals surface area contributed by atoms with Crippen molar-refractivity contribution in [2.75, 3.05) is 24.2 Å². The second-order valence-corrected chi connectivity index (χ2v) is 7.01. The van der Waals surface area contributed by atoms with E-state index in [-0.39, 0.29) is 17.9 Å². The van der Waals surface area contributed by atoms with Gasteiger partial charge < -0.3 is 9.88 Å². The molecule has 126 valence electrons. The number of hydrogen-bond acceptors (Lipinski definition) is 5. The Labute approximate surface area is 139 Å². The highest BCUT2D eigenvalue weighted by atomic mass is 32.2. The van der Waals surface area contributed by atoms with Crippen LogP contribution in [-0.4, -0.2) is 37.3 Å². The zero-order valence-corrected chi connectivity index (χ0v) is 14.1. The minimum atomic E-state index is -4.01. The molecule has 2 rings (SSSR count). The van der Waals surface area contributed by atoms with Crippen LogP contribution in [0.3, 0.4) is 0 Å². The van der Waals surface area contributed by atoms with E-state index in [0.717, 1.165) is 5.69 Å². The first-order valence-corrected chi connectivity index (χ1v) is 8.73.